The zero-order valence-electron chi connectivity index (χ0n) is 7.25. The molecular formula is C10H6N4. The number of hydrogen-bond donors (Lipinski definition) is 0. The molecule has 4 nitrogen and oxygen atoms in total. The summed E-state index contributed by atoms with van der Waals surface area (Å²) in [7, 11) is 0. The Kier molecular flexibility index (Phi) is 1.41. The lowest BCUT2D eigenvalue weighted by Gasteiger charge is -1.90. The van der Waals surface area contributed by atoms with Crippen LogP contribution in [-0.2, 0) is 0 Å². The van der Waals surface area contributed by atoms with Crippen LogP contribution in [0, 0.1) is 0 Å². The van der Waals surface area contributed by atoms with Crippen molar-refractivity contribution >= 4 is 21.9 Å². The van der Waals surface area contributed by atoms with Gasteiger partial charge in [0.1, 0.15) is 6.33 Å². The fourth-order valence-electron chi connectivity index (χ4n) is 1.50. The average molecular weight is 182 g/mol. The second-order valence-corrected chi connectivity index (χ2v) is 2.96. The summed E-state index contributed by atoms with van der Waals surface area (Å²) >= 11 is 0. The van der Waals surface area contributed by atoms with Gasteiger partial charge in [0.25, 0.3) is 0 Å². The molecule has 1 aromatic carbocycles. The normalized spacial score (nSPS) is 10.9. The molecule has 0 N–H and O–H groups in total. The molecule has 0 saturated carbocycles. The van der Waals surface area contributed by atoms with Crippen LogP contribution in [0.25, 0.3) is 21.9 Å². The Morgan fingerprint density at radius 3 is 2.86 bits per heavy atom. The maximum absolute atomic E-state index is 4.20. The van der Waals surface area contributed by atoms with Crippen LogP contribution < -0.4 is 0 Å². The molecule has 0 aliphatic rings. The van der Waals surface area contributed by atoms with Crippen molar-refractivity contribution in [3.63, 3.8) is 0 Å². The van der Waals surface area contributed by atoms with Crippen molar-refractivity contribution in [2.45, 2.75) is 0 Å². The molecule has 0 unspecified atom stereocenters. The third-order valence-corrected chi connectivity index (χ3v) is 2.14. The fourth-order valence-corrected chi connectivity index (χ4v) is 1.50. The monoisotopic (exact) mass is 182 g/mol. The Hall–Kier alpha value is -2.10. The van der Waals surface area contributed by atoms with Crippen molar-refractivity contribution in [3.8, 4) is 0 Å². The van der Waals surface area contributed by atoms with Crippen LogP contribution in [0.3, 0.4) is 0 Å². The highest BCUT2D eigenvalue weighted by Gasteiger charge is 2.02. The van der Waals surface area contributed by atoms with E-state index in [0.717, 1.165) is 21.9 Å². The van der Waals surface area contributed by atoms with Crippen molar-refractivity contribution in [1.29, 1.82) is 0 Å². The molecule has 0 bridgehead atoms. The molecular weight excluding hydrogens is 176 g/mol. The van der Waals surface area contributed by atoms with Gasteiger partial charge in [-0.05, 0) is 24.3 Å². The first-order valence-electron chi connectivity index (χ1n) is 4.26. The smallest absolute Gasteiger partial charge is 0.116 e. The van der Waals surface area contributed by atoms with Crippen molar-refractivity contribution in [1.82, 2.24) is 20.2 Å². The van der Waals surface area contributed by atoms with Crippen molar-refractivity contribution in [3.05, 3.63) is 36.8 Å². The largest absolute Gasteiger partial charge is 0.235 e. The second kappa shape index (κ2) is 2.70. The first-order valence-corrected chi connectivity index (χ1v) is 4.26. The first-order chi connectivity index (χ1) is 6.95. The van der Waals surface area contributed by atoms with Crippen molar-refractivity contribution in [2.75, 3.05) is 0 Å². The molecule has 0 fully saturated rings. The van der Waals surface area contributed by atoms with Gasteiger partial charge in [-0.15, -0.1) is 0 Å². The molecule has 0 aliphatic heterocycles. The van der Waals surface area contributed by atoms with E-state index in [1.54, 1.807) is 12.5 Å². The topological polar surface area (TPSA) is 51.6 Å². The van der Waals surface area contributed by atoms with Gasteiger partial charge >= 0.3 is 0 Å². The van der Waals surface area contributed by atoms with Gasteiger partial charge in [-0.25, -0.2) is 9.97 Å². The van der Waals surface area contributed by atoms with E-state index in [2.05, 4.69) is 20.2 Å². The van der Waals surface area contributed by atoms with Crippen LogP contribution >= 0.6 is 0 Å². The van der Waals surface area contributed by atoms with Crippen LogP contribution in [0.4, 0.5) is 0 Å². The molecule has 3 rings (SSSR count). The van der Waals surface area contributed by atoms with E-state index in [1.165, 1.54) is 0 Å². The SMILES string of the molecule is c1cnnc2ccc3ncnc3c2c1. The molecule has 66 valence electrons. The lowest BCUT2D eigenvalue weighted by atomic mass is 10.2. The molecule has 2 heterocycles. The van der Waals surface area contributed by atoms with E-state index in [4.69, 9.17) is 0 Å². The average Bonchev–Trinajstić information content (AvgIpc) is 2.55. The minimum absolute atomic E-state index is 0.836. The highest BCUT2D eigenvalue weighted by molar-refractivity contribution is 6.01. The number of benzene rings is 1. The van der Waals surface area contributed by atoms with Gasteiger partial charge in [0.15, 0.2) is 0 Å². The number of hydrogen-bond acceptors (Lipinski definition) is 4. The molecule has 0 aliphatic carbocycles. The summed E-state index contributed by atoms with van der Waals surface area (Å²) in [6.07, 6.45) is 3.22. The molecule has 14 heavy (non-hydrogen) atoms. The Balaban J connectivity index is 2.64. The van der Waals surface area contributed by atoms with E-state index in [-0.39, 0.29) is 0 Å². The summed E-state index contributed by atoms with van der Waals surface area (Å²) in [4.78, 5) is 8.33. The van der Waals surface area contributed by atoms with Gasteiger partial charge < -0.3 is 0 Å². The van der Waals surface area contributed by atoms with Crippen molar-refractivity contribution in [2.24, 2.45) is 0 Å². The van der Waals surface area contributed by atoms with E-state index in [1.807, 2.05) is 24.3 Å². The van der Waals surface area contributed by atoms with Crippen molar-refractivity contribution < 1.29 is 0 Å². The maximum atomic E-state index is 4.20. The Morgan fingerprint density at radius 2 is 1.86 bits per heavy atom. The van der Waals surface area contributed by atoms with E-state index in [9.17, 15) is 0 Å². The highest BCUT2D eigenvalue weighted by atomic mass is 15.1. The van der Waals surface area contributed by atoms with Crippen LogP contribution in [0.5, 0.6) is 0 Å². The van der Waals surface area contributed by atoms with Gasteiger partial charge in [-0.3, -0.25) is 0 Å². The molecule has 0 atom stereocenters. The van der Waals surface area contributed by atoms with E-state index >= 15 is 0 Å². The molecule has 2 aromatic heterocycles. The minimum Gasteiger partial charge on any atom is -0.235 e. The number of aromatic nitrogens is 4. The summed E-state index contributed by atoms with van der Waals surface area (Å²) in [6.45, 7) is 0. The van der Waals surface area contributed by atoms with Gasteiger partial charge in [-0.2, -0.15) is 10.2 Å². The van der Waals surface area contributed by atoms with Crippen LogP contribution in [-0.4, -0.2) is 20.2 Å². The van der Waals surface area contributed by atoms with E-state index < -0.39 is 0 Å². The predicted molar refractivity (Wildman–Crippen MR) is 52.6 cm³/mol. The zero-order valence-corrected chi connectivity index (χ0v) is 7.25. The van der Waals surface area contributed by atoms with Gasteiger partial charge in [0.05, 0.1) is 16.6 Å². The van der Waals surface area contributed by atoms with E-state index in [0.29, 0.717) is 0 Å². The maximum Gasteiger partial charge on any atom is 0.116 e. The van der Waals surface area contributed by atoms with Gasteiger partial charge in [0.2, 0.25) is 0 Å². The minimum atomic E-state index is 0.836. The molecule has 4 heteroatoms. The zero-order chi connectivity index (χ0) is 9.38. The highest BCUT2D eigenvalue weighted by Crippen LogP contribution is 2.19. The number of nitrogens with zero attached hydrogens (tertiary/aromatic N) is 4. The summed E-state index contributed by atoms with van der Waals surface area (Å²) in [5, 5.41) is 8.91. The molecule has 3 aromatic rings. The number of rotatable bonds is 0. The van der Waals surface area contributed by atoms with Gasteiger partial charge in [0, 0.05) is 11.6 Å². The van der Waals surface area contributed by atoms with Crippen LogP contribution in [0.2, 0.25) is 0 Å². The Bertz CT molecular complexity index is 606. The number of fused-ring (bicyclic) bond motifs is 3. The first kappa shape index (κ1) is 7.32. The standard InChI is InChI=1S/C10H6N4/c1-2-7-8(14-13-5-1)3-4-9-10(7)12-6-11-9/h1-6H. The summed E-state index contributed by atoms with van der Waals surface area (Å²) in [6, 6.07) is 7.61. The lowest BCUT2D eigenvalue weighted by Crippen LogP contribution is -1.76. The van der Waals surface area contributed by atoms with Crippen LogP contribution in [0.1, 0.15) is 0 Å². The van der Waals surface area contributed by atoms with Crippen LogP contribution in [0.15, 0.2) is 36.8 Å². The molecule has 0 saturated heterocycles. The quantitative estimate of drug-likeness (QED) is 0.529. The Labute approximate surface area is 79.6 Å². The predicted octanol–water partition coefficient (Wildman–Crippen LogP) is 1.57. The number of imidazole rings is 1. The third-order valence-electron chi connectivity index (χ3n) is 2.14. The Morgan fingerprint density at radius 1 is 0.929 bits per heavy atom. The third kappa shape index (κ3) is 0.939. The summed E-state index contributed by atoms with van der Waals surface area (Å²) in [5.74, 6) is 0. The second-order valence-electron chi connectivity index (χ2n) is 2.96. The molecule has 0 spiro atoms. The molecule has 0 radical (unpaired) electrons. The summed E-state index contributed by atoms with van der Waals surface area (Å²) in [5.41, 5.74) is 2.61. The van der Waals surface area contributed by atoms with Gasteiger partial charge in [-0.1, -0.05) is 0 Å². The lowest BCUT2D eigenvalue weighted by molar-refractivity contribution is 1.09. The summed E-state index contributed by atoms with van der Waals surface area (Å²) < 4.78 is 0. The molecule has 0 amide bonds. The fraction of sp³-hybridized carbons (Fsp3) is 0.